The van der Waals surface area contributed by atoms with Gasteiger partial charge in [0.2, 0.25) is 15.9 Å². The van der Waals surface area contributed by atoms with Crippen molar-refractivity contribution in [1.29, 1.82) is 0 Å². The third-order valence-corrected chi connectivity index (χ3v) is 7.23. The van der Waals surface area contributed by atoms with Gasteiger partial charge in [0.1, 0.15) is 11.8 Å². The summed E-state index contributed by atoms with van der Waals surface area (Å²) in [4.78, 5) is 25.6. The highest BCUT2D eigenvalue weighted by atomic mass is 32.2. The van der Waals surface area contributed by atoms with E-state index >= 15 is 0 Å². The molecule has 1 aromatic carbocycles. The van der Waals surface area contributed by atoms with Crippen LogP contribution in [-0.4, -0.2) is 67.4 Å². The first-order chi connectivity index (χ1) is 12.8. The Bertz CT molecular complexity index is 800. The van der Waals surface area contributed by atoms with E-state index in [9.17, 15) is 23.1 Å². The first kappa shape index (κ1) is 19.6. The maximum absolute atomic E-state index is 12.8. The molecule has 2 saturated heterocycles. The third-order valence-electron chi connectivity index (χ3n) is 5.32. The lowest BCUT2D eigenvalue weighted by molar-refractivity contribution is -0.150. The van der Waals surface area contributed by atoms with Crippen molar-refractivity contribution in [3.05, 3.63) is 24.3 Å². The number of nitrogens with zero attached hydrogens (tertiary/aromatic N) is 2. The van der Waals surface area contributed by atoms with Crippen LogP contribution >= 0.6 is 0 Å². The van der Waals surface area contributed by atoms with Gasteiger partial charge < -0.3 is 14.7 Å². The Kier molecular flexibility index (Phi) is 5.71. The molecule has 2 aliphatic heterocycles. The predicted octanol–water partition coefficient (Wildman–Crippen LogP) is 1.17. The van der Waals surface area contributed by atoms with Crippen LogP contribution in [0.15, 0.2) is 29.2 Å². The fourth-order valence-electron chi connectivity index (χ4n) is 3.76. The fraction of sp³-hybridized carbons (Fsp3) is 0.556. The van der Waals surface area contributed by atoms with E-state index in [1.54, 1.807) is 12.1 Å². The summed E-state index contributed by atoms with van der Waals surface area (Å²) in [6.45, 7) is 0.951. The van der Waals surface area contributed by atoms with E-state index in [2.05, 4.69) is 0 Å². The van der Waals surface area contributed by atoms with E-state index in [4.69, 9.17) is 4.74 Å². The molecule has 0 radical (unpaired) electrons. The van der Waals surface area contributed by atoms with Crippen molar-refractivity contribution in [2.45, 2.75) is 36.6 Å². The molecule has 1 amide bonds. The Morgan fingerprint density at radius 1 is 1.07 bits per heavy atom. The van der Waals surface area contributed by atoms with Gasteiger partial charge in [-0.25, -0.2) is 13.2 Å². The number of hydrogen-bond acceptors (Lipinski definition) is 5. The van der Waals surface area contributed by atoms with Crippen LogP contribution in [0.25, 0.3) is 0 Å². The normalized spacial score (nSPS) is 22.0. The van der Waals surface area contributed by atoms with Crippen LogP contribution in [0.4, 0.5) is 0 Å². The monoisotopic (exact) mass is 396 g/mol. The fourth-order valence-corrected chi connectivity index (χ4v) is 5.23. The summed E-state index contributed by atoms with van der Waals surface area (Å²) in [7, 11) is -2.11. The standard InChI is InChI=1S/C18H24N2O6S/c1-26-14-4-6-15(7-5-14)27(24,25)19-11-8-13(9-12-19)17(21)20-10-2-3-16(20)18(22)23/h4-7,13,16H,2-3,8-12H2,1H3,(H,22,23)/t16-/m0/s1. The minimum absolute atomic E-state index is 0.165. The number of rotatable bonds is 5. The third kappa shape index (κ3) is 3.93. The molecular weight excluding hydrogens is 372 g/mol. The Hall–Kier alpha value is -2.13. The van der Waals surface area contributed by atoms with Gasteiger partial charge in [-0.3, -0.25) is 4.79 Å². The summed E-state index contributed by atoms with van der Waals surface area (Å²) in [5.41, 5.74) is 0. The average Bonchev–Trinajstić information content (AvgIpc) is 3.18. The first-order valence-electron chi connectivity index (χ1n) is 9.02. The second kappa shape index (κ2) is 7.85. The minimum Gasteiger partial charge on any atom is -0.497 e. The number of carboxylic acid groups (broad SMARTS) is 1. The molecule has 3 rings (SSSR count). The van der Waals surface area contributed by atoms with Gasteiger partial charge in [0.05, 0.1) is 12.0 Å². The molecule has 0 bridgehead atoms. The van der Waals surface area contributed by atoms with Gasteiger partial charge in [0, 0.05) is 25.6 Å². The zero-order valence-corrected chi connectivity index (χ0v) is 16.0. The van der Waals surface area contributed by atoms with Crippen LogP contribution in [0.3, 0.4) is 0 Å². The van der Waals surface area contributed by atoms with Crippen LogP contribution in [0, 0.1) is 5.92 Å². The first-order valence-corrected chi connectivity index (χ1v) is 10.5. The Morgan fingerprint density at radius 3 is 2.26 bits per heavy atom. The molecule has 1 aromatic rings. The number of sulfonamides is 1. The van der Waals surface area contributed by atoms with Crippen molar-refractivity contribution in [1.82, 2.24) is 9.21 Å². The quantitative estimate of drug-likeness (QED) is 0.801. The lowest BCUT2D eigenvalue weighted by Gasteiger charge is -2.33. The molecule has 0 aromatic heterocycles. The van der Waals surface area contributed by atoms with Gasteiger partial charge in [0.15, 0.2) is 0 Å². The minimum atomic E-state index is -3.62. The molecule has 148 valence electrons. The topological polar surface area (TPSA) is 104 Å². The van der Waals surface area contributed by atoms with E-state index in [0.717, 1.165) is 0 Å². The number of carboxylic acids is 1. The number of likely N-dealkylation sites (tertiary alicyclic amines) is 1. The molecule has 2 aliphatic rings. The smallest absolute Gasteiger partial charge is 0.326 e. The van der Waals surface area contributed by atoms with Gasteiger partial charge in [-0.05, 0) is 49.9 Å². The lowest BCUT2D eigenvalue weighted by Crippen LogP contribution is -2.47. The van der Waals surface area contributed by atoms with E-state index < -0.39 is 22.0 Å². The summed E-state index contributed by atoms with van der Waals surface area (Å²) < 4.78 is 32.0. The molecule has 0 spiro atoms. The molecule has 1 atom stereocenters. The highest BCUT2D eigenvalue weighted by Gasteiger charge is 2.39. The summed E-state index contributed by atoms with van der Waals surface area (Å²) in [5.74, 6) is -0.883. The molecule has 0 unspecified atom stereocenters. The van der Waals surface area contributed by atoms with E-state index in [1.807, 2.05) is 0 Å². The summed E-state index contributed by atoms with van der Waals surface area (Å²) >= 11 is 0. The number of hydrogen-bond donors (Lipinski definition) is 1. The molecule has 0 saturated carbocycles. The van der Waals surface area contributed by atoms with Crippen LogP contribution in [0.2, 0.25) is 0 Å². The van der Waals surface area contributed by atoms with Crippen molar-refractivity contribution in [2.24, 2.45) is 5.92 Å². The average molecular weight is 396 g/mol. The van der Waals surface area contributed by atoms with E-state index in [1.165, 1.54) is 28.4 Å². The van der Waals surface area contributed by atoms with E-state index in [0.29, 0.717) is 38.0 Å². The Morgan fingerprint density at radius 2 is 1.70 bits per heavy atom. The molecule has 0 aliphatic carbocycles. The van der Waals surface area contributed by atoms with Crippen molar-refractivity contribution < 1.29 is 27.9 Å². The van der Waals surface area contributed by atoms with Crippen molar-refractivity contribution in [3.8, 4) is 5.75 Å². The van der Waals surface area contributed by atoms with Gasteiger partial charge in [-0.15, -0.1) is 0 Å². The summed E-state index contributed by atoms with van der Waals surface area (Å²) in [5, 5.41) is 9.25. The molecule has 2 fully saturated rings. The van der Waals surface area contributed by atoms with Gasteiger partial charge >= 0.3 is 5.97 Å². The van der Waals surface area contributed by atoms with E-state index in [-0.39, 0.29) is 29.8 Å². The Balaban J connectivity index is 1.64. The molecule has 1 N–H and O–H groups in total. The van der Waals surface area contributed by atoms with Gasteiger partial charge in [-0.1, -0.05) is 0 Å². The summed E-state index contributed by atoms with van der Waals surface area (Å²) in [6, 6.07) is 5.46. The zero-order valence-electron chi connectivity index (χ0n) is 15.2. The maximum Gasteiger partial charge on any atom is 0.326 e. The van der Waals surface area contributed by atoms with Crippen LogP contribution in [0.1, 0.15) is 25.7 Å². The maximum atomic E-state index is 12.8. The SMILES string of the molecule is COc1ccc(S(=O)(=O)N2CCC(C(=O)N3CCC[C@H]3C(=O)O)CC2)cc1. The summed E-state index contributed by atoms with van der Waals surface area (Å²) in [6.07, 6.45) is 1.97. The molecular formula is C18H24N2O6S. The Labute approximate surface area is 158 Å². The highest BCUT2D eigenvalue weighted by Crippen LogP contribution is 2.28. The number of carbonyl (C=O) groups excluding carboxylic acids is 1. The number of aliphatic carboxylic acids is 1. The van der Waals surface area contributed by atoms with Gasteiger partial charge in [-0.2, -0.15) is 4.31 Å². The second-order valence-electron chi connectivity index (χ2n) is 6.88. The van der Waals surface area contributed by atoms with Crippen molar-refractivity contribution in [2.75, 3.05) is 26.7 Å². The van der Waals surface area contributed by atoms with Crippen LogP contribution < -0.4 is 4.74 Å². The largest absolute Gasteiger partial charge is 0.497 e. The number of amides is 1. The van der Waals surface area contributed by atoms with Crippen LogP contribution in [-0.2, 0) is 19.6 Å². The highest BCUT2D eigenvalue weighted by molar-refractivity contribution is 7.89. The number of benzene rings is 1. The number of piperidine rings is 1. The van der Waals surface area contributed by atoms with Crippen LogP contribution in [0.5, 0.6) is 5.75 Å². The number of methoxy groups -OCH3 is 1. The van der Waals surface area contributed by atoms with Gasteiger partial charge in [0.25, 0.3) is 0 Å². The molecule has 27 heavy (non-hydrogen) atoms. The lowest BCUT2D eigenvalue weighted by atomic mass is 9.96. The van der Waals surface area contributed by atoms with Crippen molar-refractivity contribution in [3.63, 3.8) is 0 Å². The second-order valence-corrected chi connectivity index (χ2v) is 8.82. The molecule has 8 nitrogen and oxygen atoms in total. The van der Waals surface area contributed by atoms with Crippen molar-refractivity contribution >= 4 is 21.9 Å². The zero-order chi connectivity index (χ0) is 19.6. The molecule has 2 heterocycles. The molecule has 9 heteroatoms. The number of carbonyl (C=O) groups is 2. The predicted molar refractivity (Wildman–Crippen MR) is 96.8 cm³/mol. The number of ether oxygens (including phenoxy) is 1.